The summed E-state index contributed by atoms with van der Waals surface area (Å²) in [5, 5.41) is 0. The first-order valence-electron chi connectivity index (χ1n) is 6.68. The highest BCUT2D eigenvalue weighted by Gasteiger charge is 1.95. The number of allylic oxidation sites excluding steroid dienone is 1. The van der Waals surface area contributed by atoms with Crippen molar-refractivity contribution >= 4 is 15.9 Å². The number of unbranched alkanes of at least 4 members (excludes halogenated alkanes) is 6. The molecule has 2 nitrogen and oxygen atoms in total. The lowest BCUT2D eigenvalue weighted by Gasteiger charge is -2.05. The molecule has 0 radical (unpaired) electrons. The van der Waals surface area contributed by atoms with E-state index in [0.717, 1.165) is 23.9 Å². The van der Waals surface area contributed by atoms with Crippen LogP contribution in [-0.2, 0) is 0 Å². The molecule has 1 aromatic rings. The normalized spacial score (nSPS) is 10.3. The summed E-state index contributed by atoms with van der Waals surface area (Å²) in [4.78, 5) is 4.17. The zero-order valence-corrected chi connectivity index (χ0v) is 12.5. The molecule has 0 aromatic carbocycles. The summed E-state index contributed by atoms with van der Waals surface area (Å²) >= 11 is 3.35. The van der Waals surface area contributed by atoms with E-state index < -0.39 is 0 Å². The van der Waals surface area contributed by atoms with Gasteiger partial charge in [0.1, 0.15) is 0 Å². The second kappa shape index (κ2) is 10.1. The van der Waals surface area contributed by atoms with E-state index in [1.165, 1.54) is 32.1 Å². The van der Waals surface area contributed by atoms with Gasteiger partial charge in [-0.05, 0) is 41.3 Å². The average molecular weight is 312 g/mol. The maximum atomic E-state index is 5.56. The van der Waals surface area contributed by atoms with Crippen molar-refractivity contribution in [2.75, 3.05) is 6.61 Å². The molecule has 1 rings (SSSR count). The van der Waals surface area contributed by atoms with Crippen molar-refractivity contribution in [3.8, 4) is 5.88 Å². The molecule has 0 saturated heterocycles. The van der Waals surface area contributed by atoms with Gasteiger partial charge >= 0.3 is 0 Å². The lowest BCUT2D eigenvalue weighted by molar-refractivity contribution is 0.293. The van der Waals surface area contributed by atoms with Crippen LogP contribution in [0.5, 0.6) is 5.88 Å². The Kier molecular flexibility index (Phi) is 8.57. The summed E-state index contributed by atoms with van der Waals surface area (Å²) in [5.74, 6) is 0.712. The molecule has 100 valence electrons. The number of pyridine rings is 1. The van der Waals surface area contributed by atoms with Crippen molar-refractivity contribution in [2.24, 2.45) is 0 Å². The molecular formula is C15H22BrNO. The van der Waals surface area contributed by atoms with Gasteiger partial charge in [0.15, 0.2) is 0 Å². The van der Waals surface area contributed by atoms with E-state index in [4.69, 9.17) is 4.74 Å². The van der Waals surface area contributed by atoms with Crippen LogP contribution >= 0.6 is 15.9 Å². The third kappa shape index (κ3) is 7.49. The Balaban J connectivity index is 1.92. The van der Waals surface area contributed by atoms with Crippen molar-refractivity contribution in [1.29, 1.82) is 0 Å². The zero-order chi connectivity index (χ0) is 13.1. The molecule has 1 heterocycles. The second-order valence-electron chi connectivity index (χ2n) is 4.36. The van der Waals surface area contributed by atoms with Gasteiger partial charge in [-0.3, -0.25) is 0 Å². The summed E-state index contributed by atoms with van der Waals surface area (Å²) in [6, 6.07) is 3.83. The number of rotatable bonds is 10. The maximum absolute atomic E-state index is 5.56. The van der Waals surface area contributed by atoms with Gasteiger partial charge < -0.3 is 4.74 Å². The maximum Gasteiger partial charge on any atom is 0.213 e. The lowest BCUT2D eigenvalue weighted by atomic mass is 10.1. The van der Waals surface area contributed by atoms with Crippen LogP contribution in [0.3, 0.4) is 0 Å². The molecule has 0 atom stereocenters. The van der Waals surface area contributed by atoms with Crippen LogP contribution in [0.25, 0.3) is 0 Å². The predicted molar refractivity (Wildman–Crippen MR) is 79.9 cm³/mol. The van der Waals surface area contributed by atoms with Crippen LogP contribution in [0.1, 0.15) is 44.9 Å². The highest BCUT2D eigenvalue weighted by atomic mass is 79.9. The predicted octanol–water partition coefficient (Wildman–Crippen LogP) is 5.14. The van der Waals surface area contributed by atoms with Crippen LogP contribution in [0.4, 0.5) is 0 Å². The molecule has 0 amide bonds. The summed E-state index contributed by atoms with van der Waals surface area (Å²) in [5.41, 5.74) is 0. The average Bonchev–Trinajstić information content (AvgIpc) is 2.39. The number of halogens is 1. The molecule has 0 bridgehead atoms. The quantitative estimate of drug-likeness (QED) is 0.441. The lowest BCUT2D eigenvalue weighted by Crippen LogP contribution is -1.98. The van der Waals surface area contributed by atoms with Crippen molar-refractivity contribution in [3.63, 3.8) is 0 Å². The Morgan fingerprint density at radius 1 is 1.11 bits per heavy atom. The smallest absolute Gasteiger partial charge is 0.213 e. The Bertz CT molecular complexity index is 324. The molecule has 3 heteroatoms. The van der Waals surface area contributed by atoms with Gasteiger partial charge in [-0.25, -0.2) is 4.98 Å². The molecule has 0 unspecified atom stereocenters. The minimum absolute atomic E-state index is 0.712. The highest BCUT2D eigenvalue weighted by Crippen LogP contribution is 2.13. The summed E-state index contributed by atoms with van der Waals surface area (Å²) in [6.45, 7) is 4.49. The SMILES string of the molecule is C=CCCCCCCCCOc1ccc(Br)cn1. The van der Waals surface area contributed by atoms with Crippen molar-refractivity contribution in [3.05, 3.63) is 35.5 Å². The van der Waals surface area contributed by atoms with Gasteiger partial charge in [0.2, 0.25) is 5.88 Å². The Labute approximate surface area is 119 Å². The standard InChI is InChI=1S/C15H22BrNO/c1-2-3-4-5-6-7-8-9-12-18-15-11-10-14(16)13-17-15/h2,10-11,13H,1,3-9,12H2. The van der Waals surface area contributed by atoms with Crippen LogP contribution in [-0.4, -0.2) is 11.6 Å². The molecule has 0 aliphatic rings. The summed E-state index contributed by atoms with van der Waals surface area (Å²) < 4.78 is 6.54. The van der Waals surface area contributed by atoms with Crippen molar-refractivity contribution in [2.45, 2.75) is 44.9 Å². The first-order valence-corrected chi connectivity index (χ1v) is 7.47. The van der Waals surface area contributed by atoms with E-state index in [-0.39, 0.29) is 0 Å². The van der Waals surface area contributed by atoms with E-state index in [0.29, 0.717) is 5.88 Å². The number of aromatic nitrogens is 1. The van der Waals surface area contributed by atoms with Crippen molar-refractivity contribution in [1.82, 2.24) is 4.98 Å². The van der Waals surface area contributed by atoms with Gasteiger partial charge in [0.05, 0.1) is 6.61 Å². The fourth-order valence-electron chi connectivity index (χ4n) is 1.72. The topological polar surface area (TPSA) is 22.1 Å². The minimum atomic E-state index is 0.712. The molecule has 18 heavy (non-hydrogen) atoms. The largest absolute Gasteiger partial charge is 0.478 e. The van der Waals surface area contributed by atoms with E-state index in [1.54, 1.807) is 6.20 Å². The Morgan fingerprint density at radius 3 is 2.50 bits per heavy atom. The Morgan fingerprint density at radius 2 is 1.83 bits per heavy atom. The summed E-state index contributed by atoms with van der Waals surface area (Å²) in [7, 11) is 0. The van der Waals surface area contributed by atoms with Gasteiger partial charge in [0, 0.05) is 16.7 Å². The van der Waals surface area contributed by atoms with Gasteiger partial charge in [-0.15, -0.1) is 6.58 Å². The van der Waals surface area contributed by atoms with Crippen LogP contribution in [0.15, 0.2) is 35.5 Å². The number of hydrogen-bond donors (Lipinski definition) is 0. The molecule has 0 aliphatic heterocycles. The molecule has 0 N–H and O–H groups in total. The van der Waals surface area contributed by atoms with Crippen LogP contribution in [0.2, 0.25) is 0 Å². The molecule has 0 saturated carbocycles. The number of ether oxygens (including phenoxy) is 1. The monoisotopic (exact) mass is 311 g/mol. The van der Waals surface area contributed by atoms with Gasteiger partial charge in [-0.2, -0.15) is 0 Å². The van der Waals surface area contributed by atoms with E-state index in [9.17, 15) is 0 Å². The van der Waals surface area contributed by atoms with E-state index >= 15 is 0 Å². The van der Waals surface area contributed by atoms with E-state index in [2.05, 4.69) is 27.5 Å². The molecule has 0 spiro atoms. The van der Waals surface area contributed by atoms with Crippen LogP contribution in [0, 0.1) is 0 Å². The first-order chi connectivity index (χ1) is 8.83. The van der Waals surface area contributed by atoms with Gasteiger partial charge in [0.25, 0.3) is 0 Å². The third-order valence-electron chi connectivity index (χ3n) is 2.75. The van der Waals surface area contributed by atoms with Gasteiger partial charge in [-0.1, -0.05) is 31.8 Å². The zero-order valence-electron chi connectivity index (χ0n) is 10.9. The molecular weight excluding hydrogens is 290 g/mol. The Hall–Kier alpha value is -0.830. The minimum Gasteiger partial charge on any atom is -0.478 e. The summed E-state index contributed by atoms with van der Waals surface area (Å²) in [6.07, 6.45) is 12.5. The van der Waals surface area contributed by atoms with Crippen LogP contribution < -0.4 is 4.74 Å². The fourth-order valence-corrected chi connectivity index (χ4v) is 1.96. The second-order valence-corrected chi connectivity index (χ2v) is 5.28. The number of hydrogen-bond acceptors (Lipinski definition) is 2. The highest BCUT2D eigenvalue weighted by molar-refractivity contribution is 9.10. The molecule has 1 aromatic heterocycles. The number of nitrogens with zero attached hydrogens (tertiary/aromatic N) is 1. The molecule has 0 aliphatic carbocycles. The van der Waals surface area contributed by atoms with E-state index in [1.807, 2.05) is 18.2 Å². The molecule has 0 fully saturated rings. The third-order valence-corrected chi connectivity index (χ3v) is 3.22. The first kappa shape index (κ1) is 15.2. The fraction of sp³-hybridized carbons (Fsp3) is 0.533. The van der Waals surface area contributed by atoms with Crippen molar-refractivity contribution < 1.29 is 4.74 Å².